The first-order chi connectivity index (χ1) is 12.2. The van der Waals surface area contributed by atoms with E-state index in [1.165, 1.54) is 0 Å². The van der Waals surface area contributed by atoms with E-state index in [0.29, 0.717) is 16.9 Å². The van der Waals surface area contributed by atoms with Gasteiger partial charge >= 0.3 is 0 Å². The zero-order valence-corrected chi connectivity index (χ0v) is 13.5. The first kappa shape index (κ1) is 14.8. The van der Waals surface area contributed by atoms with Crippen LogP contribution in [-0.4, -0.2) is 19.6 Å². The fourth-order valence-electron chi connectivity index (χ4n) is 2.99. The summed E-state index contributed by atoms with van der Waals surface area (Å²) in [6, 6.07) is 15.7. The Labute approximate surface area is 144 Å². The molecule has 3 heterocycles. The monoisotopic (exact) mass is 326 g/mol. The van der Waals surface area contributed by atoms with Gasteiger partial charge in [0.05, 0.1) is 11.4 Å². The third-order valence-corrected chi connectivity index (χ3v) is 4.08. The lowest BCUT2D eigenvalue weighted by molar-refractivity contribution is 0.922. The molecule has 120 valence electrons. The molecular formula is C19H14N6. The summed E-state index contributed by atoms with van der Waals surface area (Å²) >= 11 is 0. The van der Waals surface area contributed by atoms with E-state index in [1.54, 1.807) is 16.9 Å². The maximum Gasteiger partial charge on any atom is 0.166 e. The Kier molecular flexibility index (Phi) is 3.40. The molecule has 0 saturated carbocycles. The van der Waals surface area contributed by atoms with Gasteiger partial charge in [0.25, 0.3) is 0 Å². The molecule has 25 heavy (non-hydrogen) atoms. The lowest BCUT2D eigenvalue weighted by Crippen LogP contribution is -2.05. The number of benzene rings is 1. The summed E-state index contributed by atoms with van der Waals surface area (Å²) in [7, 11) is 0. The van der Waals surface area contributed by atoms with Crippen molar-refractivity contribution >= 4 is 11.5 Å². The molecule has 0 fully saturated rings. The van der Waals surface area contributed by atoms with Gasteiger partial charge in [-0.15, -0.1) is 0 Å². The average Bonchev–Trinajstić information content (AvgIpc) is 2.97. The van der Waals surface area contributed by atoms with E-state index in [-0.39, 0.29) is 5.82 Å². The number of rotatable bonds is 2. The number of pyridine rings is 1. The van der Waals surface area contributed by atoms with Gasteiger partial charge in [0.2, 0.25) is 0 Å². The van der Waals surface area contributed by atoms with Crippen LogP contribution in [0.15, 0.2) is 54.9 Å². The normalized spacial score (nSPS) is 10.7. The number of nitriles is 1. The number of aryl methyl sites for hydroxylation is 1. The van der Waals surface area contributed by atoms with Gasteiger partial charge in [0, 0.05) is 23.5 Å². The predicted octanol–water partition coefficient (Wildman–Crippen LogP) is 3.22. The molecule has 0 aliphatic heterocycles. The number of aromatic nitrogens is 4. The topological polar surface area (TPSA) is 92.9 Å². The lowest BCUT2D eigenvalue weighted by Gasteiger charge is -2.09. The third kappa shape index (κ3) is 2.30. The zero-order chi connectivity index (χ0) is 17.4. The van der Waals surface area contributed by atoms with Crippen molar-refractivity contribution in [3.05, 3.63) is 66.1 Å². The van der Waals surface area contributed by atoms with Gasteiger partial charge in [-0.2, -0.15) is 10.4 Å². The number of anilines is 1. The van der Waals surface area contributed by atoms with Crippen molar-refractivity contribution in [3.63, 3.8) is 0 Å². The molecule has 2 N–H and O–H groups in total. The summed E-state index contributed by atoms with van der Waals surface area (Å²) in [4.78, 5) is 8.61. The molecule has 0 amide bonds. The summed E-state index contributed by atoms with van der Waals surface area (Å²) in [5.74, 6) is 0.186. The molecule has 4 rings (SSSR count). The highest BCUT2D eigenvalue weighted by atomic mass is 15.3. The van der Waals surface area contributed by atoms with Crippen LogP contribution in [0.5, 0.6) is 0 Å². The molecule has 6 nitrogen and oxygen atoms in total. The molecule has 4 aromatic rings. The minimum atomic E-state index is 0.186. The minimum Gasteiger partial charge on any atom is -0.382 e. The molecule has 0 radical (unpaired) electrons. The Bertz CT molecular complexity index is 1110. The van der Waals surface area contributed by atoms with E-state index in [1.807, 2.05) is 49.4 Å². The number of hydrogen-bond acceptors (Lipinski definition) is 5. The molecule has 6 heteroatoms. The maximum absolute atomic E-state index is 9.58. The van der Waals surface area contributed by atoms with E-state index >= 15 is 0 Å². The van der Waals surface area contributed by atoms with Gasteiger partial charge in [-0.1, -0.05) is 30.3 Å². The number of nitrogen functional groups attached to an aromatic ring is 1. The Hall–Kier alpha value is -3.72. The van der Waals surface area contributed by atoms with Gasteiger partial charge in [-0.25, -0.2) is 9.50 Å². The van der Waals surface area contributed by atoms with Crippen LogP contribution in [-0.2, 0) is 0 Å². The summed E-state index contributed by atoms with van der Waals surface area (Å²) in [6.45, 7) is 1.92. The molecule has 3 aromatic heterocycles. The van der Waals surface area contributed by atoms with Crippen molar-refractivity contribution in [3.8, 4) is 28.5 Å². The second kappa shape index (κ2) is 5.73. The fraction of sp³-hybridized carbons (Fsp3) is 0.0526. The Balaban J connectivity index is 2.14. The summed E-state index contributed by atoms with van der Waals surface area (Å²) < 4.78 is 1.68. The molecule has 0 aliphatic rings. The van der Waals surface area contributed by atoms with Gasteiger partial charge < -0.3 is 5.73 Å². The summed E-state index contributed by atoms with van der Waals surface area (Å²) in [6.07, 6.45) is 3.37. The Morgan fingerprint density at radius 1 is 1.08 bits per heavy atom. The largest absolute Gasteiger partial charge is 0.382 e. The Morgan fingerprint density at radius 3 is 2.52 bits per heavy atom. The first-order valence-corrected chi connectivity index (χ1v) is 7.75. The summed E-state index contributed by atoms with van der Waals surface area (Å²) in [5, 5.41) is 14.2. The highest BCUT2D eigenvalue weighted by Gasteiger charge is 2.21. The zero-order valence-electron chi connectivity index (χ0n) is 13.5. The van der Waals surface area contributed by atoms with Crippen molar-refractivity contribution < 1.29 is 0 Å². The average molecular weight is 326 g/mol. The molecule has 0 bridgehead atoms. The van der Waals surface area contributed by atoms with E-state index in [9.17, 15) is 5.26 Å². The van der Waals surface area contributed by atoms with Crippen LogP contribution < -0.4 is 5.73 Å². The maximum atomic E-state index is 9.58. The Morgan fingerprint density at radius 2 is 1.84 bits per heavy atom. The van der Waals surface area contributed by atoms with Gasteiger partial charge in [-0.05, 0) is 24.6 Å². The minimum absolute atomic E-state index is 0.186. The van der Waals surface area contributed by atoms with Crippen LogP contribution >= 0.6 is 0 Å². The van der Waals surface area contributed by atoms with Crippen LogP contribution in [0.4, 0.5) is 5.82 Å². The third-order valence-electron chi connectivity index (χ3n) is 4.08. The van der Waals surface area contributed by atoms with Crippen molar-refractivity contribution in [1.29, 1.82) is 5.26 Å². The predicted molar refractivity (Wildman–Crippen MR) is 95.5 cm³/mol. The molecule has 0 saturated heterocycles. The van der Waals surface area contributed by atoms with E-state index in [0.717, 1.165) is 22.4 Å². The number of hydrogen-bond donors (Lipinski definition) is 1. The molecule has 0 spiro atoms. The van der Waals surface area contributed by atoms with Crippen LogP contribution in [0, 0.1) is 18.3 Å². The van der Waals surface area contributed by atoms with Crippen molar-refractivity contribution in [2.24, 2.45) is 0 Å². The lowest BCUT2D eigenvalue weighted by atomic mass is 10.1. The molecule has 0 atom stereocenters. The van der Waals surface area contributed by atoms with Crippen molar-refractivity contribution in [2.75, 3.05) is 5.73 Å². The SMILES string of the molecule is Cc1nn2c(-c3cccnc3)c(C#N)c(N)nc2c1-c1ccccc1. The van der Waals surface area contributed by atoms with Gasteiger partial charge in [0.15, 0.2) is 5.65 Å². The van der Waals surface area contributed by atoms with Crippen LogP contribution in [0.2, 0.25) is 0 Å². The van der Waals surface area contributed by atoms with Gasteiger partial charge in [-0.3, -0.25) is 4.98 Å². The number of nitrogens with zero attached hydrogens (tertiary/aromatic N) is 5. The van der Waals surface area contributed by atoms with E-state index in [4.69, 9.17) is 5.73 Å². The smallest absolute Gasteiger partial charge is 0.166 e. The number of nitrogens with two attached hydrogens (primary N) is 1. The first-order valence-electron chi connectivity index (χ1n) is 7.75. The van der Waals surface area contributed by atoms with Crippen molar-refractivity contribution in [2.45, 2.75) is 6.92 Å². The molecule has 0 unspecified atom stereocenters. The molecular weight excluding hydrogens is 312 g/mol. The second-order valence-corrected chi connectivity index (χ2v) is 5.64. The van der Waals surface area contributed by atoms with Crippen LogP contribution in [0.3, 0.4) is 0 Å². The summed E-state index contributed by atoms with van der Waals surface area (Å²) in [5.41, 5.74) is 11.1. The highest BCUT2D eigenvalue weighted by molar-refractivity contribution is 5.84. The quantitative estimate of drug-likeness (QED) is 0.610. The van der Waals surface area contributed by atoms with E-state index < -0.39 is 0 Å². The highest BCUT2D eigenvalue weighted by Crippen LogP contribution is 2.33. The second-order valence-electron chi connectivity index (χ2n) is 5.64. The standard InChI is InChI=1S/C19H14N6/c1-12-16(13-6-3-2-4-7-13)19-23-18(21)15(10-20)17(25(19)24-12)14-8-5-9-22-11-14/h2-9,11H,1H3,(H2,21,23). The molecule has 1 aromatic carbocycles. The van der Waals surface area contributed by atoms with Crippen LogP contribution in [0.25, 0.3) is 28.0 Å². The van der Waals surface area contributed by atoms with Crippen LogP contribution in [0.1, 0.15) is 11.3 Å². The fourth-order valence-corrected chi connectivity index (χ4v) is 2.99. The molecule has 0 aliphatic carbocycles. The van der Waals surface area contributed by atoms with Gasteiger partial charge in [0.1, 0.15) is 17.5 Å². The van der Waals surface area contributed by atoms with Crippen molar-refractivity contribution in [1.82, 2.24) is 19.6 Å². The van der Waals surface area contributed by atoms with E-state index in [2.05, 4.69) is 21.1 Å². The number of fused-ring (bicyclic) bond motifs is 1.